The number of non-ortho nitro benzene ring substituents is 1. The molecule has 0 saturated heterocycles. The Balaban J connectivity index is 2.02. The van der Waals surface area contributed by atoms with Gasteiger partial charge < -0.3 is 15.4 Å². The van der Waals surface area contributed by atoms with Crippen molar-refractivity contribution < 1.29 is 19.2 Å². The van der Waals surface area contributed by atoms with Crippen molar-refractivity contribution in [2.24, 2.45) is 0 Å². The first-order valence-electron chi connectivity index (χ1n) is 6.44. The Hall–Kier alpha value is -2.94. The Morgan fingerprint density at radius 3 is 2.70 bits per heavy atom. The van der Waals surface area contributed by atoms with E-state index in [9.17, 15) is 19.7 Å². The van der Waals surface area contributed by atoms with Crippen LogP contribution in [-0.4, -0.2) is 23.8 Å². The highest BCUT2D eigenvalue weighted by atomic mass is 32.1. The molecule has 0 saturated carbocycles. The van der Waals surface area contributed by atoms with E-state index in [1.807, 2.05) is 17.5 Å². The molecule has 0 radical (unpaired) electrons. The maximum atomic E-state index is 11.8. The van der Waals surface area contributed by atoms with Crippen LogP contribution < -0.4 is 15.4 Å². The highest BCUT2D eigenvalue weighted by molar-refractivity contribution is 7.09. The number of rotatable bonds is 5. The highest BCUT2D eigenvalue weighted by Gasteiger charge is 2.16. The van der Waals surface area contributed by atoms with Crippen LogP contribution in [0.4, 0.5) is 11.4 Å². The van der Waals surface area contributed by atoms with E-state index in [-0.39, 0.29) is 23.7 Å². The van der Waals surface area contributed by atoms with E-state index in [4.69, 9.17) is 4.74 Å². The van der Waals surface area contributed by atoms with Crippen molar-refractivity contribution in [3.8, 4) is 5.75 Å². The van der Waals surface area contributed by atoms with Gasteiger partial charge in [0.25, 0.3) is 5.69 Å². The lowest BCUT2D eigenvalue weighted by Crippen LogP contribution is -2.34. The average Bonchev–Trinajstić information content (AvgIpc) is 3.05. The van der Waals surface area contributed by atoms with Crippen molar-refractivity contribution in [3.05, 3.63) is 50.7 Å². The largest absolute Gasteiger partial charge is 0.496 e. The van der Waals surface area contributed by atoms with Crippen molar-refractivity contribution in [3.63, 3.8) is 0 Å². The summed E-state index contributed by atoms with van der Waals surface area (Å²) in [7, 11) is 1.35. The molecular formula is C14H13N3O5S. The molecule has 0 bridgehead atoms. The molecule has 9 heteroatoms. The first-order chi connectivity index (χ1) is 11.0. The summed E-state index contributed by atoms with van der Waals surface area (Å²) in [5.74, 6) is -1.54. The standard InChI is InChI=1S/C14H13N3O5S/c1-22-11-6-9(5-10(7-11)17(20)21)16-14(19)13(18)15-8-12-3-2-4-23-12/h2-7H,8H2,1H3,(H,15,18)(H,16,19). The van der Waals surface area contributed by atoms with Gasteiger partial charge in [-0.2, -0.15) is 0 Å². The fraction of sp³-hybridized carbons (Fsp3) is 0.143. The number of benzene rings is 1. The molecule has 23 heavy (non-hydrogen) atoms. The third-order valence-corrected chi connectivity index (χ3v) is 3.68. The third-order valence-electron chi connectivity index (χ3n) is 2.81. The first kappa shape index (κ1) is 16.4. The SMILES string of the molecule is COc1cc(NC(=O)C(=O)NCc2cccs2)cc([N+](=O)[O-])c1. The zero-order chi connectivity index (χ0) is 16.8. The quantitative estimate of drug-likeness (QED) is 0.493. The van der Waals surface area contributed by atoms with Gasteiger partial charge in [0.1, 0.15) is 5.75 Å². The second-order valence-corrected chi connectivity index (χ2v) is 5.43. The summed E-state index contributed by atoms with van der Waals surface area (Å²) in [6.07, 6.45) is 0. The molecule has 0 atom stereocenters. The van der Waals surface area contributed by atoms with Gasteiger partial charge in [-0.15, -0.1) is 11.3 Å². The number of carbonyl (C=O) groups excluding carboxylic acids is 2. The number of carbonyl (C=O) groups is 2. The van der Waals surface area contributed by atoms with Crippen molar-refractivity contribution in [1.82, 2.24) is 5.32 Å². The van der Waals surface area contributed by atoms with Gasteiger partial charge in [0.05, 0.1) is 30.3 Å². The van der Waals surface area contributed by atoms with Crippen molar-refractivity contribution in [1.29, 1.82) is 0 Å². The summed E-state index contributed by atoms with van der Waals surface area (Å²) in [6, 6.07) is 7.41. The fourth-order valence-electron chi connectivity index (χ4n) is 1.73. The summed E-state index contributed by atoms with van der Waals surface area (Å²) < 4.78 is 4.93. The van der Waals surface area contributed by atoms with Crippen LogP contribution in [0.5, 0.6) is 5.75 Å². The normalized spacial score (nSPS) is 9.96. The maximum Gasteiger partial charge on any atom is 0.313 e. The van der Waals surface area contributed by atoms with Crippen molar-refractivity contribution in [2.75, 3.05) is 12.4 Å². The minimum absolute atomic E-state index is 0.104. The summed E-state index contributed by atoms with van der Waals surface area (Å²) in [5, 5.41) is 17.5. The number of hydrogen-bond acceptors (Lipinski definition) is 6. The predicted octanol–water partition coefficient (Wildman–Crippen LogP) is 1.92. The minimum atomic E-state index is -0.913. The number of hydrogen-bond donors (Lipinski definition) is 2. The number of nitro groups is 1. The van der Waals surface area contributed by atoms with E-state index < -0.39 is 16.7 Å². The number of ether oxygens (including phenoxy) is 1. The zero-order valence-corrected chi connectivity index (χ0v) is 12.9. The molecule has 0 aliphatic heterocycles. The molecule has 1 aromatic heterocycles. The summed E-state index contributed by atoms with van der Waals surface area (Å²) in [5.41, 5.74) is -0.147. The Bertz CT molecular complexity index is 730. The van der Waals surface area contributed by atoms with E-state index in [0.29, 0.717) is 0 Å². The van der Waals surface area contributed by atoms with Crippen LogP contribution in [0, 0.1) is 10.1 Å². The van der Waals surface area contributed by atoms with Gasteiger partial charge in [-0.25, -0.2) is 0 Å². The molecule has 0 aliphatic rings. The van der Waals surface area contributed by atoms with Crippen LogP contribution in [0.3, 0.4) is 0 Å². The lowest BCUT2D eigenvalue weighted by atomic mass is 10.2. The molecule has 2 rings (SSSR count). The zero-order valence-electron chi connectivity index (χ0n) is 12.1. The predicted molar refractivity (Wildman–Crippen MR) is 84.4 cm³/mol. The van der Waals surface area contributed by atoms with E-state index in [2.05, 4.69) is 10.6 Å². The molecule has 0 spiro atoms. The number of thiophene rings is 1. The molecule has 2 N–H and O–H groups in total. The molecular weight excluding hydrogens is 322 g/mol. The van der Waals surface area contributed by atoms with Crippen LogP contribution in [0.1, 0.15) is 4.88 Å². The molecule has 120 valence electrons. The van der Waals surface area contributed by atoms with Gasteiger partial charge in [-0.3, -0.25) is 19.7 Å². The van der Waals surface area contributed by atoms with Gasteiger partial charge in [0.2, 0.25) is 0 Å². The number of nitro benzene ring substituents is 1. The van der Waals surface area contributed by atoms with Gasteiger partial charge in [0, 0.05) is 17.0 Å². The van der Waals surface area contributed by atoms with Gasteiger partial charge in [-0.05, 0) is 11.4 Å². The molecule has 0 fully saturated rings. The molecule has 0 aliphatic carbocycles. The maximum absolute atomic E-state index is 11.8. The van der Waals surface area contributed by atoms with Crippen LogP contribution in [0.2, 0.25) is 0 Å². The van der Waals surface area contributed by atoms with Crippen LogP contribution in [-0.2, 0) is 16.1 Å². The van der Waals surface area contributed by atoms with Gasteiger partial charge in [0.15, 0.2) is 0 Å². The monoisotopic (exact) mass is 335 g/mol. The smallest absolute Gasteiger partial charge is 0.313 e. The van der Waals surface area contributed by atoms with E-state index in [0.717, 1.165) is 10.9 Å². The van der Waals surface area contributed by atoms with E-state index >= 15 is 0 Å². The van der Waals surface area contributed by atoms with E-state index in [1.54, 1.807) is 0 Å². The fourth-order valence-corrected chi connectivity index (χ4v) is 2.37. The molecule has 1 heterocycles. The third kappa shape index (κ3) is 4.51. The van der Waals surface area contributed by atoms with Crippen LogP contribution >= 0.6 is 11.3 Å². The molecule has 0 unspecified atom stereocenters. The number of nitrogens with one attached hydrogen (secondary N) is 2. The minimum Gasteiger partial charge on any atom is -0.496 e. The van der Waals surface area contributed by atoms with Crippen molar-refractivity contribution >= 4 is 34.5 Å². The Kier molecular flexibility index (Phi) is 5.26. The lowest BCUT2D eigenvalue weighted by molar-refractivity contribution is -0.384. The summed E-state index contributed by atoms with van der Waals surface area (Å²) in [4.78, 5) is 34.7. The topological polar surface area (TPSA) is 111 Å². The van der Waals surface area contributed by atoms with Gasteiger partial charge in [-0.1, -0.05) is 6.07 Å². The Morgan fingerprint density at radius 1 is 1.30 bits per heavy atom. The second kappa shape index (κ2) is 7.36. The van der Waals surface area contributed by atoms with Gasteiger partial charge >= 0.3 is 11.8 Å². The number of amides is 2. The molecule has 8 nitrogen and oxygen atoms in total. The Labute approximate surface area is 135 Å². The molecule has 2 aromatic rings. The van der Waals surface area contributed by atoms with Crippen LogP contribution in [0.25, 0.3) is 0 Å². The molecule has 2 amide bonds. The lowest BCUT2D eigenvalue weighted by Gasteiger charge is -2.07. The van der Waals surface area contributed by atoms with Crippen LogP contribution in [0.15, 0.2) is 35.7 Å². The van der Waals surface area contributed by atoms with E-state index in [1.165, 1.54) is 30.6 Å². The summed E-state index contributed by atoms with van der Waals surface area (Å²) in [6.45, 7) is 0.238. The Morgan fingerprint density at radius 2 is 2.09 bits per heavy atom. The summed E-state index contributed by atoms with van der Waals surface area (Å²) >= 11 is 1.45. The van der Waals surface area contributed by atoms with Crippen molar-refractivity contribution in [2.45, 2.75) is 6.54 Å². The molecule has 1 aromatic carbocycles. The number of anilines is 1. The second-order valence-electron chi connectivity index (χ2n) is 4.39. The number of nitrogens with zero attached hydrogens (tertiary/aromatic N) is 1. The first-order valence-corrected chi connectivity index (χ1v) is 7.32. The highest BCUT2D eigenvalue weighted by Crippen LogP contribution is 2.25. The number of methoxy groups -OCH3 is 1. The average molecular weight is 335 g/mol.